The molecule has 0 spiro atoms. The van der Waals surface area contributed by atoms with Crippen LogP contribution in [-0.4, -0.2) is 23.0 Å². The highest BCUT2D eigenvalue weighted by atomic mass is 32.2. The maximum absolute atomic E-state index is 13.3. The van der Waals surface area contributed by atoms with Gasteiger partial charge in [-0.3, -0.25) is 14.6 Å². The monoisotopic (exact) mass is 385 g/mol. The average Bonchev–Trinajstić information content (AvgIpc) is 2.79. The summed E-state index contributed by atoms with van der Waals surface area (Å²) in [7, 11) is 0. The summed E-state index contributed by atoms with van der Waals surface area (Å²) in [6, 6.07) is 6.45. The maximum atomic E-state index is 13.3. The molecule has 1 fully saturated rings. The second-order valence-electron chi connectivity index (χ2n) is 6.50. The molecule has 3 rings (SSSR count). The molecule has 2 amide bonds. The van der Waals surface area contributed by atoms with Gasteiger partial charge in [-0.05, 0) is 55.7 Å². The molecule has 1 aromatic carbocycles. The van der Waals surface area contributed by atoms with E-state index in [9.17, 15) is 14.0 Å². The summed E-state index contributed by atoms with van der Waals surface area (Å²) in [5, 5.41) is 3.33. The molecule has 0 radical (unpaired) electrons. The van der Waals surface area contributed by atoms with E-state index in [1.807, 2.05) is 19.9 Å². The second kappa shape index (κ2) is 7.52. The van der Waals surface area contributed by atoms with Crippen LogP contribution in [0.1, 0.15) is 36.2 Å². The number of nitrogens with zero attached hydrogens (tertiary/aromatic N) is 1. The van der Waals surface area contributed by atoms with Crippen LogP contribution in [-0.2, 0) is 9.54 Å². The van der Waals surface area contributed by atoms with Crippen molar-refractivity contribution in [1.82, 2.24) is 5.32 Å². The Morgan fingerprint density at radius 3 is 2.67 bits per heavy atom. The molecule has 0 bridgehead atoms. The first-order valence-electron chi connectivity index (χ1n) is 8.52. The molecule has 0 saturated carbocycles. The minimum atomic E-state index is -0.851. The van der Waals surface area contributed by atoms with Crippen LogP contribution < -0.4 is 11.1 Å². The standard InChI is InChI=1S/C20H20FN3O2S/c1-12(13-4-3-5-16(21)11-8-13)23-19-24-18(26)20(2,27-19)15-9-6-14(7-10-15)17(22)25/h4-12H,3H2,1-2H3,(H2,22,25)(H,23,24,26)/t12-,20+/m0/s1. The molecule has 1 aliphatic carbocycles. The van der Waals surface area contributed by atoms with E-state index in [-0.39, 0.29) is 17.8 Å². The average molecular weight is 385 g/mol. The number of benzene rings is 1. The number of carbonyl (C=O) groups excluding carboxylic acids is 2. The number of hydrogen-bond donors (Lipinski definition) is 2. The predicted molar refractivity (Wildman–Crippen MR) is 106 cm³/mol. The van der Waals surface area contributed by atoms with Gasteiger partial charge in [-0.25, -0.2) is 4.39 Å². The number of aliphatic imine (C=N–C) groups is 1. The Morgan fingerprint density at radius 1 is 1.30 bits per heavy atom. The van der Waals surface area contributed by atoms with Gasteiger partial charge in [-0.2, -0.15) is 0 Å². The van der Waals surface area contributed by atoms with Crippen molar-refractivity contribution in [2.45, 2.75) is 31.1 Å². The van der Waals surface area contributed by atoms with Crippen molar-refractivity contribution in [3.05, 3.63) is 71.1 Å². The van der Waals surface area contributed by atoms with Gasteiger partial charge in [0.15, 0.2) is 5.17 Å². The first kappa shape index (κ1) is 19.1. The third-order valence-corrected chi connectivity index (χ3v) is 5.80. The number of amides is 2. The lowest BCUT2D eigenvalue weighted by molar-refractivity contribution is -0.121. The fourth-order valence-corrected chi connectivity index (χ4v) is 4.00. The van der Waals surface area contributed by atoms with Gasteiger partial charge in [0.2, 0.25) is 11.8 Å². The van der Waals surface area contributed by atoms with Gasteiger partial charge in [-0.1, -0.05) is 36.0 Å². The van der Waals surface area contributed by atoms with Crippen LogP contribution in [0.5, 0.6) is 0 Å². The molecule has 27 heavy (non-hydrogen) atoms. The van der Waals surface area contributed by atoms with Crippen molar-refractivity contribution in [3.63, 3.8) is 0 Å². The molecule has 2 atom stereocenters. The molecule has 1 heterocycles. The second-order valence-corrected chi connectivity index (χ2v) is 7.91. The summed E-state index contributed by atoms with van der Waals surface area (Å²) in [6.07, 6.45) is 7.05. The smallest absolute Gasteiger partial charge is 0.248 e. The summed E-state index contributed by atoms with van der Waals surface area (Å²) in [5.41, 5.74) is 7.30. The Hall–Kier alpha value is -2.67. The van der Waals surface area contributed by atoms with Crippen LogP contribution in [0.25, 0.3) is 0 Å². The number of amidine groups is 1. The summed E-state index contributed by atoms with van der Waals surface area (Å²) in [5.74, 6) is -0.957. The number of allylic oxidation sites excluding steroid dienone is 4. The molecular weight excluding hydrogens is 365 g/mol. The molecule has 2 aliphatic rings. The molecule has 1 aliphatic heterocycles. The van der Waals surface area contributed by atoms with Gasteiger partial charge in [0.25, 0.3) is 0 Å². The molecule has 5 nitrogen and oxygen atoms in total. The van der Waals surface area contributed by atoms with Crippen molar-refractivity contribution in [2.24, 2.45) is 10.7 Å². The number of primary amides is 1. The van der Waals surface area contributed by atoms with Gasteiger partial charge in [0.05, 0.1) is 6.04 Å². The zero-order valence-corrected chi connectivity index (χ0v) is 15.8. The van der Waals surface area contributed by atoms with Crippen molar-refractivity contribution in [3.8, 4) is 0 Å². The molecule has 140 valence electrons. The third kappa shape index (κ3) is 4.03. The Kier molecular flexibility index (Phi) is 5.32. The van der Waals surface area contributed by atoms with Crippen LogP contribution in [0, 0.1) is 0 Å². The van der Waals surface area contributed by atoms with Crippen LogP contribution in [0.4, 0.5) is 4.39 Å². The van der Waals surface area contributed by atoms with Crippen LogP contribution in [0.2, 0.25) is 0 Å². The van der Waals surface area contributed by atoms with E-state index < -0.39 is 10.7 Å². The third-order valence-electron chi connectivity index (χ3n) is 4.57. The van der Waals surface area contributed by atoms with Gasteiger partial charge in [0, 0.05) is 5.56 Å². The lowest BCUT2D eigenvalue weighted by Crippen LogP contribution is -2.32. The van der Waals surface area contributed by atoms with Gasteiger partial charge in [0.1, 0.15) is 10.6 Å². The number of halogens is 1. The molecule has 1 saturated heterocycles. The van der Waals surface area contributed by atoms with Gasteiger partial charge < -0.3 is 11.1 Å². The lowest BCUT2D eigenvalue weighted by Gasteiger charge is -2.19. The Labute approximate surface area is 161 Å². The van der Waals surface area contributed by atoms with E-state index >= 15 is 0 Å². The zero-order chi connectivity index (χ0) is 19.6. The van der Waals surface area contributed by atoms with Crippen molar-refractivity contribution in [2.75, 3.05) is 0 Å². The quantitative estimate of drug-likeness (QED) is 0.834. The molecule has 3 N–H and O–H groups in total. The van der Waals surface area contributed by atoms with Crippen LogP contribution in [0.3, 0.4) is 0 Å². The minimum Gasteiger partial charge on any atom is -0.366 e. The highest BCUT2D eigenvalue weighted by Gasteiger charge is 2.44. The SMILES string of the molecule is C[C@H](N=C1NC(=O)[C@@](C)(c2ccc(C(N)=O)cc2)S1)C1=CCC=C(F)C=C1. The molecule has 7 heteroatoms. The van der Waals surface area contributed by atoms with E-state index in [4.69, 9.17) is 5.73 Å². The summed E-state index contributed by atoms with van der Waals surface area (Å²) >= 11 is 1.32. The van der Waals surface area contributed by atoms with Gasteiger partial charge >= 0.3 is 0 Å². The minimum absolute atomic E-state index is 0.177. The topological polar surface area (TPSA) is 84.6 Å². The number of rotatable bonds is 4. The van der Waals surface area contributed by atoms with E-state index in [0.717, 1.165) is 11.1 Å². The largest absolute Gasteiger partial charge is 0.366 e. The molecule has 0 unspecified atom stereocenters. The van der Waals surface area contributed by atoms with E-state index in [0.29, 0.717) is 17.2 Å². The molecular formula is C20H20FN3O2S. The maximum Gasteiger partial charge on any atom is 0.248 e. The predicted octanol–water partition coefficient (Wildman–Crippen LogP) is 3.35. The fourth-order valence-electron chi connectivity index (χ4n) is 2.86. The highest BCUT2D eigenvalue weighted by molar-refractivity contribution is 8.15. The van der Waals surface area contributed by atoms with Crippen molar-refractivity contribution < 1.29 is 14.0 Å². The van der Waals surface area contributed by atoms with E-state index in [1.54, 1.807) is 30.3 Å². The number of thioether (sulfide) groups is 1. The van der Waals surface area contributed by atoms with Crippen molar-refractivity contribution >= 4 is 28.7 Å². The fraction of sp³-hybridized carbons (Fsp3) is 0.250. The summed E-state index contributed by atoms with van der Waals surface area (Å²) in [4.78, 5) is 28.4. The van der Waals surface area contributed by atoms with E-state index in [2.05, 4.69) is 10.3 Å². The Morgan fingerprint density at radius 2 is 2.00 bits per heavy atom. The number of carbonyl (C=O) groups is 2. The number of hydrogen-bond acceptors (Lipinski definition) is 4. The lowest BCUT2D eigenvalue weighted by atomic mass is 9.98. The first-order chi connectivity index (χ1) is 12.8. The normalized spacial score (nSPS) is 24.9. The number of nitrogens with two attached hydrogens (primary N) is 1. The van der Waals surface area contributed by atoms with E-state index in [1.165, 1.54) is 23.9 Å². The highest BCUT2D eigenvalue weighted by Crippen LogP contribution is 2.41. The summed E-state index contributed by atoms with van der Waals surface area (Å²) < 4.78 is 12.5. The zero-order valence-electron chi connectivity index (χ0n) is 15.0. The van der Waals surface area contributed by atoms with Gasteiger partial charge in [-0.15, -0.1) is 0 Å². The first-order valence-corrected chi connectivity index (χ1v) is 9.33. The molecule has 0 aromatic heterocycles. The van der Waals surface area contributed by atoms with Crippen LogP contribution >= 0.6 is 11.8 Å². The Balaban J connectivity index is 1.80. The summed E-state index contributed by atoms with van der Waals surface area (Å²) in [6.45, 7) is 3.71. The van der Waals surface area contributed by atoms with Crippen molar-refractivity contribution in [1.29, 1.82) is 0 Å². The molecule has 1 aromatic rings. The Bertz CT molecular complexity index is 902. The number of nitrogens with one attached hydrogen (secondary N) is 1. The van der Waals surface area contributed by atoms with Crippen LogP contribution in [0.15, 0.2) is 65.0 Å².